The summed E-state index contributed by atoms with van der Waals surface area (Å²) in [6.45, 7) is 8.14. The molecule has 1 atom stereocenters. The maximum atomic E-state index is 12.2. The van der Waals surface area contributed by atoms with Gasteiger partial charge in [-0.1, -0.05) is 36.7 Å². The second-order valence-electron chi connectivity index (χ2n) is 6.84. The molecule has 1 aromatic heterocycles. The Kier molecular flexibility index (Phi) is 12.4. The smallest absolute Gasteiger partial charge is 0.251 e. The molecule has 0 aliphatic carbocycles. The molecule has 0 radical (unpaired) electrons. The maximum Gasteiger partial charge on any atom is 0.251 e. The first-order valence-corrected chi connectivity index (χ1v) is 10.4. The SMILES string of the molecule is CCNC(=NCc1ccc(C(=O)NC(C)CC)cc1)NCCc1ccc(Cl)nc1.I. The van der Waals surface area contributed by atoms with Crippen LogP contribution in [0.15, 0.2) is 47.6 Å². The summed E-state index contributed by atoms with van der Waals surface area (Å²) in [7, 11) is 0. The number of hydrogen-bond donors (Lipinski definition) is 3. The molecule has 1 heterocycles. The van der Waals surface area contributed by atoms with E-state index in [-0.39, 0.29) is 35.9 Å². The van der Waals surface area contributed by atoms with Gasteiger partial charge in [0.2, 0.25) is 0 Å². The van der Waals surface area contributed by atoms with Crippen molar-refractivity contribution in [1.29, 1.82) is 0 Å². The van der Waals surface area contributed by atoms with E-state index in [9.17, 15) is 4.79 Å². The number of aromatic nitrogens is 1. The summed E-state index contributed by atoms with van der Waals surface area (Å²) in [5, 5.41) is 10.0. The Hall–Kier alpha value is -1.87. The highest BCUT2D eigenvalue weighted by Crippen LogP contribution is 2.07. The van der Waals surface area contributed by atoms with Gasteiger partial charge in [0.1, 0.15) is 5.15 Å². The lowest BCUT2D eigenvalue weighted by molar-refractivity contribution is 0.0939. The molecule has 0 saturated heterocycles. The van der Waals surface area contributed by atoms with E-state index in [4.69, 9.17) is 11.6 Å². The molecule has 0 spiro atoms. The fourth-order valence-corrected chi connectivity index (χ4v) is 2.67. The monoisotopic (exact) mass is 543 g/mol. The van der Waals surface area contributed by atoms with Crippen LogP contribution in [0.5, 0.6) is 0 Å². The van der Waals surface area contributed by atoms with E-state index in [0.717, 1.165) is 43.0 Å². The van der Waals surface area contributed by atoms with Crippen LogP contribution >= 0.6 is 35.6 Å². The zero-order chi connectivity index (χ0) is 21.1. The molecule has 2 rings (SSSR count). The van der Waals surface area contributed by atoms with E-state index in [2.05, 4.69) is 25.9 Å². The lowest BCUT2D eigenvalue weighted by atomic mass is 10.1. The summed E-state index contributed by atoms with van der Waals surface area (Å²) in [6.07, 6.45) is 3.52. The predicted octanol–water partition coefficient (Wildman–Crippen LogP) is 4.18. The van der Waals surface area contributed by atoms with E-state index in [1.54, 1.807) is 12.3 Å². The molecule has 8 heteroatoms. The Labute approximate surface area is 201 Å². The van der Waals surface area contributed by atoms with Crippen molar-refractivity contribution in [3.05, 3.63) is 64.4 Å². The van der Waals surface area contributed by atoms with Crippen LogP contribution in [0.1, 0.15) is 48.7 Å². The largest absolute Gasteiger partial charge is 0.357 e. The molecule has 2 aromatic rings. The fourth-order valence-electron chi connectivity index (χ4n) is 2.56. The number of nitrogens with one attached hydrogen (secondary N) is 3. The third kappa shape index (κ3) is 9.30. The Bertz CT molecular complexity index is 796. The summed E-state index contributed by atoms with van der Waals surface area (Å²) in [5.41, 5.74) is 2.83. The third-order valence-corrected chi connectivity index (χ3v) is 4.69. The topological polar surface area (TPSA) is 78.4 Å². The van der Waals surface area contributed by atoms with E-state index in [1.807, 2.05) is 51.1 Å². The van der Waals surface area contributed by atoms with Gasteiger partial charge in [-0.3, -0.25) is 4.79 Å². The highest BCUT2D eigenvalue weighted by molar-refractivity contribution is 14.0. The number of carbonyl (C=O) groups excluding carboxylic acids is 1. The van der Waals surface area contributed by atoms with Gasteiger partial charge in [0.25, 0.3) is 5.91 Å². The molecule has 3 N–H and O–H groups in total. The van der Waals surface area contributed by atoms with Gasteiger partial charge in [0, 0.05) is 30.9 Å². The minimum absolute atomic E-state index is 0. The van der Waals surface area contributed by atoms with Gasteiger partial charge >= 0.3 is 0 Å². The minimum Gasteiger partial charge on any atom is -0.357 e. The Morgan fingerprint density at radius 1 is 1.10 bits per heavy atom. The number of pyridine rings is 1. The zero-order valence-corrected chi connectivity index (χ0v) is 20.8. The van der Waals surface area contributed by atoms with Gasteiger partial charge in [-0.2, -0.15) is 0 Å². The number of guanidine groups is 1. The summed E-state index contributed by atoms with van der Waals surface area (Å²) in [6, 6.07) is 11.5. The lowest BCUT2D eigenvalue weighted by Gasteiger charge is -2.12. The van der Waals surface area contributed by atoms with E-state index in [1.165, 1.54) is 0 Å². The van der Waals surface area contributed by atoms with Crippen molar-refractivity contribution < 1.29 is 4.79 Å². The highest BCUT2D eigenvalue weighted by atomic mass is 127. The molecule has 0 fully saturated rings. The van der Waals surface area contributed by atoms with Gasteiger partial charge in [0.15, 0.2) is 5.96 Å². The lowest BCUT2D eigenvalue weighted by Crippen LogP contribution is -2.38. The number of nitrogens with zero attached hydrogens (tertiary/aromatic N) is 2. The Morgan fingerprint density at radius 3 is 2.40 bits per heavy atom. The summed E-state index contributed by atoms with van der Waals surface area (Å²) < 4.78 is 0. The maximum absolute atomic E-state index is 12.2. The summed E-state index contributed by atoms with van der Waals surface area (Å²) in [5.74, 6) is 0.717. The average molecular weight is 544 g/mol. The van der Waals surface area contributed by atoms with Crippen molar-refractivity contribution in [3.8, 4) is 0 Å². The second kappa shape index (κ2) is 14.2. The number of benzene rings is 1. The first-order chi connectivity index (χ1) is 14.0. The van der Waals surface area contributed by atoms with Crippen LogP contribution in [-0.2, 0) is 13.0 Å². The van der Waals surface area contributed by atoms with Gasteiger partial charge in [-0.25, -0.2) is 9.98 Å². The predicted molar refractivity (Wildman–Crippen MR) is 135 cm³/mol. The normalized spacial score (nSPS) is 11.9. The van der Waals surface area contributed by atoms with Gasteiger partial charge in [0.05, 0.1) is 6.54 Å². The van der Waals surface area contributed by atoms with Crippen molar-refractivity contribution in [1.82, 2.24) is 20.9 Å². The molecule has 0 aliphatic heterocycles. The summed E-state index contributed by atoms with van der Waals surface area (Å²) in [4.78, 5) is 20.9. The molecule has 30 heavy (non-hydrogen) atoms. The molecule has 0 saturated carbocycles. The summed E-state index contributed by atoms with van der Waals surface area (Å²) >= 11 is 5.81. The number of carbonyl (C=O) groups is 1. The minimum atomic E-state index is -0.0407. The number of rotatable bonds is 9. The van der Waals surface area contributed by atoms with Crippen LogP contribution in [0.25, 0.3) is 0 Å². The van der Waals surface area contributed by atoms with Crippen molar-refractivity contribution in [2.24, 2.45) is 4.99 Å². The van der Waals surface area contributed by atoms with Crippen LogP contribution in [-0.4, -0.2) is 36.0 Å². The van der Waals surface area contributed by atoms with E-state index >= 15 is 0 Å². The van der Waals surface area contributed by atoms with Gasteiger partial charge in [-0.05, 0) is 56.0 Å². The van der Waals surface area contributed by atoms with Crippen molar-refractivity contribution in [2.75, 3.05) is 13.1 Å². The first kappa shape index (κ1) is 26.2. The van der Waals surface area contributed by atoms with Crippen LogP contribution < -0.4 is 16.0 Å². The average Bonchev–Trinajstić information content (AvgIpc) is 2.73. The van der Waals surface area contributed by atoms with Gasteiger partial charge < -0.3 is 16.0 Å². The molecule has 6 nitrogen and oxygen atoms in total. The fraction of sp³-hybridized carbons (Fsp3) is 0.409. The molecule has 0 aliphatic rings. The van der Waals surface area contributed by atoms with Gasteiger partial charge in [-0.15, -0.1) is 24.0 Å². The first-order valence-electron chi connectivity index (χ1n) is 10.0. The number of amides is 1. The highest BCUT2D eigenvalue weighted by Gasteiger charge is 2.08. The van der Waals surface area contributed by atoms with Crippen molar-refractivity contribution in [3.63, 3.8) is 0 Å². The van der Waals surface area contributed by atoms with Crippen LogP contribution in [0.4, 0.5) is 0 Å². The molecule has 1 aromatic carbocycles. The molecule has 1 unspecified atom stereocenters. The second-order valence-corrected chi connectivity index (χ2v) is 7.23. The standard InChI is InChI=1S/C22H30ClN5O.HI/c1-4-16(3)28-21(29)19-9-6-17(7-10-19)15-27-22(24-5-2)25-13-12-18-8-11-20(23)26-14-18;/h6-11,14,16H,4-5,12-13,15H2,1-3H3,(H,28,29)(H2,24,25,27);1H. The molecular weight excluding hydrogens is 513 g/mol. The Morgan fingerprint density at radius 2 is 1.80 bits per heavy atom. The van der Waals surface area contributed by atoms with Crippen molar-refractivity contribution >= 4 is 47.4 Å². The quantitative estimate of drug-likeness (QED) is 0.192. The van der Waals surface area contributed by atoms with Crippen molar-refractivity contribution in [2.45, 2.75) is 46.2 Å². The molecule has 0 bridgehead atoms. The number of hydrogen-bond acceptors (Lipinski definition) is 3. The van der Waals surface area contributed by atoms with Crippen LogP contribution in [0.3, 0.4) is 0 Å². The molecular formula is C22H31ClIN5O. The Balaban J connectivity index is 0.00000450. The zero-order valence-electron chi connectivity index (χ0n) is 17.7. The number of halogens is 2. The molecule has 164 valence electrons. The molecule has 1 amide bonds. The number of aliphatic imine (C=N–C) groups is 1. The van der Waals surface area contributed by atoms with E-state index < -0.39 is 0 Å². The van der Waals surface area contributed by atoms with E-state index in [0.29, 0.717) is 17.3 Å². The van der Waals surface area contributed by atoms with Crippen LogP contribution in [0.2, 0.25) is 5.15 Å². The third-order valence-electron chi connectivity index (χ3n) is 4.46. The van der Waals surface area contributed by atoms with Crippen LogP contribution in [0, 0.1) is 0 Å².